The topological polar surface area (TPSA) is 105 Å². The molecule has 0 aromatic rings. The maximum Gasteiger partial charge on any atom is 0.325 e. The van der Waals surface area contributed by atoms with E-state index < -0.39 is 5.97 Å². The predicted molar refractivity (Wildman–Crippen MR) is 54.1 cm³/mol. The summed E-state index contributed by atoms with van der Waals surface area (Å²) in [5, 5.41) is 3.28. The van der Waals surface area contributed by atoms with Gasteiger partial charge in [-0.2, -0.15) is 0 Å². The second kappa shape index (κ2) is 5.83. The fraction of sp³-hybridized carbons (Fsp3) is 0.556. The molecule has 2 N–H and O–H groups in total. The number of amides is 3. The number of esters is 1. The van der Waals surface area contributed by atoms with Gasteiger partial charge in [-0.15, -0.1) is 0 Å². The maximum atomic E-state index is 11.1. The van der Waals surface area contributed by atoms with Crippen molar-refractivity contribution in [2.24, 2.45) is 0 Å². The van der Waals surface area contributed by atoms with Crippen molar-refractivity contribution in [3.63, 3.8) is 0 Å². The van der Waals surface area contributed by atoms with E-state index in [1.165, 1.54) is 6.92 Å². The number of β-lactam (4-membered cyclic amide) rings is 1. The van der Waals surface area contributed by atoms with Crippen molar-refractivity contribution in [3.8, 4) is 0 Å². The van der Waals surface area contributed by atoms with Crippen LogP contribution >= 0.6 is 0 Å². The Balaban J connectivity index is 2.27. The number of hydrazine groups is 1. The Hall–Kier alpha value is -2.12. The Morgan fingerprint density at radius 2 is 2.29 bits per heavy atom. The zero-order chi connectivity index (χ0) is 12.8. The van der Waals surface area contributed by atoms with Crippen LogP contribution in [0.3, 0.4) is 0 Å². The van der Waals surface area contributed by atoms with E-state index in [-0.39, 0.29) is 37.4 Å². The first-order chi connectivity index (χ1) is 8.04. The van der Waals surface area contributed by atoms with Gasteiger partial charge in [0.05, 0.1) is 12.5 Å². The van der Waals surface area contributed by atoms with Gasteiger partial charge in [-0.3, -0.25) is 24.6 Å². The van der Waals surface area contributed by atoms with Crippen LogP contribution in [0.2, 0.25) is 0 Å². The lowest BCUT2D eigenvalue weighted by Gasteiger charge is -2.39. The third-order valence-corrected chi connectivity index (χ3v) is 2.09. The van der Waals surface area contributed by atoms with Gasteiger partial charge in [0.25, 0.3) is 0 Å². The van der Waals surface area contributed by atoms with Gasteiger partial charge in [0.2, 0.25) is 18.2 Å². The molecule has 0 saturated carbocycles. The maximum absolute atomic E-state index is 11.1. The molecule has 1 atom stereocenters. The molecule has 17 heavy (non-hydrogen) atoms. The van der Waals surface area contributed by atoms with Crippen LogP contribution in [-0.2, 0) is 23.9 Å². The van der Waals surface area contributed by atoms with Crippen molar-refractivity contribution in [2.75, 3.05) is 13.2 Å². The molecule has 0 bridgehead atoms. The van der Waals surface area contributed by atoms with Crippen molar-refractivity contribution in [3.05, 3.63) is 0 Å². The molecule has 0 spiro atoms. The van der Waals surface area contributed by atoms with Gasteiger partial charge < -0.3 is 10.1 Å². The summed E-state index contributed by atoms with van der Waals surface area (Å²) in [4.78, 5) is 42.8. The van der Waals surface area contributed by atoms with Crippen LogP contribution < -0.4 is 10.7 Å². The summed E-state index contributed by atoms with van der Waals surface area (Å²) in [6.07, 6.45) is 0.604. The van der Waals surface area contributed by atoms with Crippen LogP contribution in [0.15, 0.2) is 0 Å². The minimum atomic E-state index is -0.598. The monoisotopic (exact) mass is 243 g/mol. The molecule has 3 amide bonds. The van der Waals surface area contributed by atoms with E-state index in [0.29, 0.717) is 6.41 Å². The number of ether oxygens (including phenoxy) is 1. The Labute approximate surface area is 97.2 Å². The second-order valence-corrected chi connectivity index (χ2v) is 3.47. The van der Waals surface area contributed by atoms with Crippen LogP contribution in [0.25, 0.3) is 0 Å². The summed E-state index contributed by atoms with van der Waals surface area (Å²) in [5.41, 5.74) is 2.33. The highest BCUT2D eigenvalue weighted by Crippen LogP contribution is 2.16. The van der Waals surface area contributed by atoms with Crippen molar-refractivity contribution in [2.45, 2.75) is 19.4 Å². The molecule has 94 valence electrons. The molecule has 1 unspecified atom stereocenters. The average molecular weight is 243 g/mol. The number of hydrogen-bond donors (Lipinski definition) is 2. The SMILES string of the molecule is CC(=O)NN1C(=O)CC1COC(=O)CNC=O. The average Bonchev–Trinajstić information content (AvgIpc) is 2.28. The smallest absolute Gasteiger partial charge is 0.325 e. The molecule has 8 heteroatoms. The van der Waals surface area contributed by atoms with Gasteiger partial charge in [-0.25, -0.2) is 5.01 Å². The van der Waals surface area contributed by atoms with E-state index in [2.05, 4.69) is 10.7 Å². The molecular formula is C9H13N3O5. The number of carbonyl (C=O) groups is 4. The number of rotatable bonds is 6. The first-order valence-electron chi connectivity index (χ1n) is 4.96. The molecular weight excluding hydrogens is 230 g/mol. The van der Waals surface area contributed by atoms with Crippen molar-refractivity contribution < 1.29 is 23.9 Å². The molecule has 1 aliphatic heterocycles. The predicted octanol–water partition coefficient (Wildman–Crippen LogP) is -2.07. The first-order valence-corrected chi connectivity index (χ1v) is 4.96. The van der Waals surface area contributed by atoms with Crippen molar-refractivity contribution in [1.82, 2.24) is 15.8 Å². The van der Waals surface area contributed by atoms with Gasteiger partial charge >= 0.3 is 5.97 Å². The molecule has 1 heterocycles. The highest BCUT2D eigenvalue weighted by molar-refractivity contribution is 5.86. The van der Waals surface area contributed by atoms with Gasteiger partial charge in [0.1, 0.15) is 13.2 Å². The highest BCUT2D eigenvalue weighted by Gasteiger charge is 2.37. The van der Waals surface area contributed by atoms with Crippen molar-refractivity contribution in [1.29, 1.82) is 0 Å². The Morgan fingerprint density at radius 3 is 2.82 bits per heavy atom. The molecule has 1 saturated heterocycles. The number of hydrogen-bond acceptors (Lipinski definition) is 5. The number of nitrogens with one attached hydrogen (secondary N) is 2. The quantitative estimate of drug-likeness (QED) is 0.317. The lowest BCUT2D eigenvalue weighted by Crippen LogP contribution is -2.62. The van der Waals surface area contributed by atoms with E-state index in [4.69, 9.17) is 4.74 Å². The Morgan fingerprint density at radius 1 is 1.59 bits per heavy atom. The highest BCUT2D eigenvalue weighted by atomic mass is 16.5. The van der Waals surface area contributed by atoms with Gasteiger partial charge in [-0.05, 0) is 0 Å². The summed E-state index contributed by atoms with van der Waals surface area (Å²) >= 11 is 0. The molecule has 0 aromatic carbocycles. The van der Waals surface area contributed by atoms with Gasteiger partial charge in [0, 0.05) is 6.92 Å². The minimum Gasteiger partial charge on any atom is -0.462 e. The fourth-order valence-corrected chi connectivity index (χ4v) is 1.30. The van der Waals surface area contributed by atoms with Crippen LogP contribution in [0.4, 0.5) is 0 Å². The Bertz CT molecular complexity index is 344. The zero-order valence-corrected chi connectivity index (χ0v) is 9.26. The lowest BCUT2D eigenvalue weighted by atomic mass is 10.1. The summed E-state index contributed by atoms with van der Waals surface area (Å²) in [6.45, 7) is 1.05. The third-order valence-electron chi connectivity index (χ3n) is 2.09. The number of carbonyl (C=O) groups excluding carboxylic acids is 4. The first kappa shape index (κ1) is 12.9. The normalized spacial score (nSPS) is 18.1. The van der Waals surface area contributed by atoms with Gasteiger partial charge in [-0.1, -0.05) is 0 Å². The summed E-state index contributed by atoms with van der Waals surface area (Å²) < 4.78 is 4.80. The van der Waals surface area contributed by atoms with E-state index in [1.807, 2.05) is 0 Å². The van der Waals surface area contributed by atoms with Crippen LogP contribution in [-0.4, -0.2) is 48.4 Å². The summed E-state index contributed by atoms with van der Waals surface area (Å²) in [5.74, 6) is -1.19. The fourth-order valence-electron chi connectivity index (χ4n) is 1.30. The van der Waals surface area contributed by atoms with Gasteiger partial charge in [0.15, 0.2) is 0 Å². The molecule has 0 radical (unpaired) electrons. The molecule has 0 aliphatic carbocycles. The van der Waals surface area contributed by atoms with Crippen molar-refractivity contribution >= 4 is 24.2 Å². The molecule has 8 nitrogen and oxygen atoms in total. The molecule has 1 rings (SSSR count). The summed E-state index contributed by atoms with van der Waals surface area (Å²) in [7, 11) is 0. The zero-order valence-electron chi connectivity index (χ0n) is 9.26. The molecule has 1 aliphatic rings. The van der Waals surface area contributed by atoms with Crippen LogP contribution in [0.5, 0.6) is 0 Å². The molecule has 0 aromatic heterocycles. The lowest BCUT2D eigenvalue weighted by molar-refractivity contribution is -0.164. The minimum absolute atomic E-state index is 0.00854. The van der Waals surface area contributed by atoms with E-state index in [0.717, 1.165) is 5.01 Å². The third kappa shape index (κ3) is 3.74. The van der Waals surface area contributed by atoms with E-state index >= 15 is 0 Å². The number of nitrogens with zero attached hydrogens (tertiary/aromatic N) is 1. The van der Waals surface area contributed by atoms with E-state index in [9.17, 15) is 19.2 Å². The Kier molecular flexibility index (Phi) is 4.44. The summed E-state index contributed by atoms with van der Waals surface area (Å²) in [6, 6.07) is -0.341. The standard InChI is InChI=1S/C9H13N3O5/c1-6(14)11-12-7(2-8(12)15)4-17-9(16)3-10-5-13/h5,7H,2-4H2,1H3,(H,10,13)(H,11,14). The van der Waals surface area contributed by atoms with Crippen LogP contribution in [0, 0.1) is 0 Å². The van der Waals surface area contributed by atoms with E-state index in [1.54, 1.807) is 0 Å². The van der Waals surface area contributed by atoms with Crippen LogP contribution in [0.1, 0.15) is 13.3 Å². The second-order valence-electron chi connectivity index (χ2n) is 3.47. The molecule has 1 fully saturated rings. The largest absolute Gasteiger partial charge is 0.462 e.